The van der Waals surface area contributed by atoms with Crippen molar-refractivity contribution in [3.05, 3.63) is 23.3 Å². The van der Waals surface area contributed by atoms with Gasteiger partial charge in [0.2, 0.25) is 0 Å². The maximum absolute atomic E-state index is 2.75. The standard InChI is InChI=1S/C38H70N2/c1-3-7-11-15-19-23-31-39-33-26-30-38(36-39)28-22-18-14-10-6-2-4-8-12-16-20-24-32-40-34-25-29-37(35-40)27-21-17-13-9-5-1/h29-30H,1-28,31-36H2. The summed E-state index contributed by atoms with van der Waals surface area (Å²) in [6.07, 6.45) is 45.5. The van der Waals surface area contributed by atoms with Crippen molar-refractivity contribution < 1.29 is 0 Å². The van der Waals surface area contributed by atoms with Crippen molar-refractivity contribution in [1.29, 1.82) is 0 Å². The van der Waals surface area contributed by atoms with E-state index in [0.717, 1.165) is 0 Å². The highest BCUT2D eigenvalue weighted by atomic mass is 15.1. The van der Waals surface area contributed by atoms with Crippen LogP contribution in [-0.2, 0) is 0 Å². The highest BCUT2D eigenvalue weighted by Crippen LogP contribution is 2.21. The largest absolute Gasteiger partial charge is 0.299 e. The summed E-state index contributed by atoms with van der Waals surface area (Å²) in [7, 11) is 0. The van der Waals surface area contributed by atoms with E-state index in [9.17, 15) is 0 Å². The first kappa shape index (κ1) is 33.9. The minimum atomic E-state index is 1.27. The fraction of sp³-hybridized carbons (Fsp3) is 0.895. The number of hydrogen-bond acceptors (Lipinski definition) is 2. The van der Waals surface area contributed by atoms with E-state index >= 15 is 0 Å². The number of hydrogen-bond donors (Lipinski definition) is 0. The Bertz CT molecular complexity index is 594. The van der Waals surface area contributed by atoms with Gasteiger partial charge in [-0.2, -0.15) is 0 Å². The molecule has 0 spiro atoms. The number of rotatable bonds is 0. The van der Waals surface area contributed by atoms with E-state index in [1.54, 1.807) is 11.1 Å². The predicted molar refractivity (Wildman–Crippen MR) is 178 cm³/mol. The van der Waals surface area contributed by atoms with Gasteiger partial charge in [-0.3, -0.25) is 9.80 Å². The van der Waals surface area contributed by atoms with E-state index in [1.807, 2.05) is 0 Å². The minimum absolute atomic E-state index is 1.27. The van der Waals surface area contributed by atoms with Crippen molar-refractivity contribution in [3.63, 3.8) is 0 Å². The Morgan fingerprint density at radius 2 is 0.575 bits per heavy atom. The van der Waals surface area contributed by atoms with Crippen LogP contribution in [0.15, 0.2) is 23.3 Å². The molecule has 3 heterocycles. The van der Waals surface area contributed by atoms with E-state index in [4.69, 9.17) is 0 Å². The summed E-state index contributed by atoms with van der Waals surface area (Å²) in [5, 5.41) is 0. The van der Waals surface area contributed by atoms with Crippen LogP contribution in [0.25, 0.3) is 0 Å². The van der Waals surface area contributed by atoms with Crippen molar-refractivity contribution in [2.75, 3.05) is 39.3 Å². The lowest BCUT2D eigenvalue weighted by molar-refractivity contribution is 0.278. The van der Waals surface area contributed by atoms with Gasteiger partial charge in [0, 0.05) is 26.2 Å². The van der Waals surface area contributed by atoms with Gasteiger partial charge >= 0.3 is 0 Å². The van der Waals surface area contributed by atoms with Crippen LogP contribution in [0.1, 0.15) is 180 Å². The molecular weight excluding hydrogens is 484 g/mol. The van der Waals surface area contributed by atoms with Crippen LogP contribution in [-0.4, -0.2) is 49.1 Å². The fourth-order valence-electron chi connectivity index (χ4n) is 7.42. The van der Waals surface area contributed by atoms with Crippen LogP contribution in [0.5, 0.6) is 0 Å². The van der Waals surface area contributed by atoms with E-state index < -0.39 is 0 Å². The molecule has 2 heteroatoms. The van der Waals surface area contributed by atoms with E-state index in [1.165, 1.54) is 219 Å². The third-order valence-electron chi connectivity index (χ3n) is 10.1. The minimum Gasteiger partial charge on any atom is -0.299 e. The summed E-state index contributed by atoms with van der Waals surface area (Å²) in [5.41, 5.74) is 3.50. The van der Waals surface area contributed by atoms with Gasteiger partial charge in [-0.25, -0.2) is 0 Å². The molecule has 0 N–H and O–H groups in total. The van der Waals surface area contributed by atoms with Gasteiger partial charge < -0.3 is 0 Å². The lowest BCUT2D eigenvalue weighted by Crippen LogP contribution is -2.30. The third kappa shape index (κ3) is 17.4. The summed E-state index contributed by atoms with van der Waals surface area (Å²) < 4.78 is 0. The van der Waals surface area contributed by atoms with Gasteiger partial charge in [-0.05, 0) is 64.5 Å². The first-order valence-corrected chi connectivity index (χ1v) is 18.7. The second-order valence-electron chi connectivity index (χ2n) is 13.8. The SMILES string of the molecule is C1=C2CCCCCCCCCCCCCCN3CCC=C(CCCCCCCCCCCCCCN(CC1)C2)C3. The summed E-state index contributed by atoms with van der Waals surface area (Å²) in [4.78, 5) is 5.50. The first-order valence-electron chi connectivity index (χ1n) is 18.7. The molecule has 2 atom stereocenters. The maximum Gasteiger partial charge on any atom is 0.0192 e. The van der Waals surface area contributed by atoms with Crippen LogP contribution in [0.3, 0.4) is 0 Å². The second kappa shape index (κ2) is 23.9. The zero-order valence-electron chi connectivity index (χ0n) is 27.1. The zero-order valence-corrected chi connectivity index (χ0v) is 27.1. The van der Waals surface area contributed by atoms with Crippen molar-refractivity contribution in [3.8, 4) is 0 Å². The molecule has 0 aromatic heterocycles. The monoisotopic (exact) mass is 555 g/mol. The molecule has 3 aliphatic heterocycles. The smallest absolute Gasteiger partial charge is 0.0192 e. The van der Waals surface area contributed by atoms with Gasteiger partial charge in [0.15, 0.2) is 0 Å². The molecular formula is C38H70N2. The molecule has 4 bridgehead atoms. The highest BCUT2D eigenvalue weighted by molar-refractivity contribution is 5.08. The number of nitrogens with zero attached hydrogens (tertiary/aromatic N) is 2. The average Bonchev–Trinajstić information content (AvgIpc) is 2.97. The van der Waals surface area contributed by atoms with E-state index in [-0.39, 0.29) is 0 Å². The second-order valence-corrected chi connectivity index (χ2v) is 13.8. The van der Waals surface area contributed by atoms with Crippen LogP contribution >= 0.6 is 0 Å². The Morgan fingerprint density at radius 3 is 0.900 bits per heavy atom. The van der Waals surface area contributed by atoms with Crippen molar-refractivity contribution >= 4 is 0 Å². The van der Waals surface area contributed by atoms with Crippen molar-refractivity contribution in [2.45, 2.75) is 180 Å². The molecule has 232 valence electrons. The van der Waals surface area contributed by atoms with E-state index in [0.29, 0.717) is 0 Å². The number of fused-ring (bicyclic) bond motifs is 4. The molecule has 0 radical (unpaired) electrons. The Hall–Kier alpha value is -0.600. The molecule has 40 heavy (non-hydrogen) atoms. The lowest BCUT2D eigenvalue weighted by atomic mass is 10.00. The third-order valence-corrected chi connectivity index (χ3v) is 10.1. The summed E-state index contributed by atoms with van der Waals surface area (Å²) in [6.45, 7) is 7.84. The summed E-state index contributed by atoms with van der Waals surface area (Å²) in [5.74, 6) is 0. The molecule has 2 unspecified atom stereocenters. The topological polar surface area (TPSA) is 6.48 Å². The Morgan fingerprint density at radius 1 is 0.300 bits per heavy atom. The average molecular weight is 555 g/mol. The quantitative estimate of drug-likeness (QED) is 0.275. The Balaban J connectivity index is 1.27. The molecule has 0 aromatic carbocycles. The zero-order chi connectivity index (χ0) is 27.8. The van der Waals surface area contributed by atoms with Gasteiger partial charge in [0.05, 0.1) is 0 Å². The van der Waals surface area contributed by atoms with Crippen molar-refractivity contribution in [2.24, 2.45) is 0 Å². The molecule has 3 rings (SSSR count). The predicted octanol–water partition coefficient (Wildman–Crippen LogP) is 11.4. The Labute approximate surface area is 251 Å². The molecule has 3 aliphatic rings. The van der Waals surface area contributed by atoms with Gasteiger partial charge in [0.1, 0.15) is 0 Å². The highest BCUT2D eigenvalue weighted by Gasteiger charge is 2.13. The van der Waals surface area contributed by atoms with Gasteiger partial charge in [-0.1, -0.05) is 152 Å². The lowest BCUT2D eigenvalue weighted by Gasteiger charge is -2.27. The van der Waals surface area contributed by atoms with Crippen LogP contribution in [0.4, 0.5) is 0 Å². The fourth-order valence-corrected chi connectivity index (χ4v) is 7.42. The maximum atomic E-state index is 2.75. The van der Waals surface area contributed by atoms with Crippen LogP contribution in [0.2, 0.25) is 0 Å². The molecule has 1 saturated heterocycles. The summed E-state index contributed by atoms with van der Waals surface area (Å²) >= 11 is 0. The van der Waals surface area contributed by atoms with E-state index in [2.05, 4.69) is 22.0 Å². The van der Waals surface area contributed by atoms with Crippen LogP contribution < -0.4 is 0 Å². The Kier molecular flexibility index (Phi) is 20.3. The molecule has 0 saturated carbocycles. The molecule has 1 fully saturated rings. The van der Waals surface area contributed by atoms with Crippen LogP contribution in [0, 0.1) is 0 Å². The molecule has 0 amide bonds. The molecule has 0 aromatic rings. The first-order chi connectivity index (χ1) is 19.9. The summed E-state index contributed by atoms with van der Waals surface area (Å²) in [6, 6.07) is 0. The van der Waals surface area contributed by atoms with Gasteiger partial charge in [0.25, 0.3) is 0 Å². The van der Waals surface area contributed by atoms with Crippen molar-refractivity contribution in [1.82, 2.24) is 9.80 Å². The molecule has 2 nitrogen and oxygen atoms in total. The molecule has 0 aliphatic carbocycles. The normalized spacial score (nSPS) is 28.4. The van der Waals surface area contributed by atoms with Gasteiger partial charge in [-0.15, -0.1) is 0 Å².